The Bertz CT molecular complexity index is 684. The standard InChI is InChI=1S/C18H19ClN2O2/c1-2-13-7-9-15(10-8-13)21-18(23)11-17(22)20-12-14-5-3-4-6-16(14)19/h3-10H,2,11-12H2,1H3,(H,20,22)(H,21,23). The average Bonchev–Trinajstić information content (AvgIpc) is 2.54. The normalized spacial score (nSPS) is 10.2. The highest BCUT2D eigenvalue weighted by atomic mass is 35.5. The summed E-state index contributed by atoms with van der Waals surface area (Å²) in [4.78, 5) is 23.7. The van der Waals surface area contributed by atoms with E-state index >= 15 is 0 Å². The van der Waals surface area contributed by atoms with Gasteiger partial charge in [0.2, 0.25) is 11.8 Å². The predicted octanol–water partition coefficient (Wildman–Crippen LogP) is 3.55. The van der Waals surface area contributed by atoms with Gasteiger partial charge in [-0.25, -0.2) is 0 Å². The Hall–Kier alpha value is -2.33. The maximum Gasteiger partial charge on any atom is 0.233 e. The Morgan fingerprint density at radius 1 is 1.00 bits per heavy atom. The van der Waals surface area contributed by atoms with Crippen molar-refractivity contribution in [2.45, 2.75) is 26.3 Å². The van der Waals surface area contributed by atoms with E-state index in [0.29, 0.717) is 17.3 Å². The number of benzene rings is 2. The zero-order valence-electron chi connectivity index (χ0n) is 12.9. The SMILES string of the molecule is CCc1ccc(NC(=O)CC(=O)NCc2ccccc2Cl)cc1. The highest BCUT2D eigenvalue weighted by Crippen LogP contribution is 2.14. The van der Waals surface area contributed by atoms with Crippen molar-refractivity contribution >= 4 is 29.1 Å². The first-order valence-electron chi connectivity index (χ1n) is 7.47. The lowest BCUT2D eigenvalue weighted by molar-refractivity contribution is -0.126. The van der Waals surface area contributed by atoms with Gasteiger partial charge in [0.05, 0.1) is 0 Å². The molecule has 0 saturated heterocycles. The molecule has 0 radical (unpaired) electrons. The minimum absolute atomic E-state index is 0.222. The molecule has 0 atom stereocenters. The molecular formula is C18H19ClN2O2. The van der Waals surface area contributed by atoms with Crippen LogP contribution in [0.5, 0.6) is 0 Å². The molecule has 0 aliphatic carbocycles. The molecule has 0 saturated carbocycles. The third-order valence-electron chi connectivity index (χ3n) is 3.40. The highest BCUT2D eigenvalue weighted by molar-refractivity contribution is 6.31. The van der Waals surface area contributed by atoms with Gasteiger partial charge in [0, 0.05) is 17.3 Å². The summed E-state index contributed by atoms with van der Waals surface area (Å²) in [6.07, 6.45) is 0.721. The Balaban J connectivity index is 1.80. The minimum Gasteiger partial charge on any atom is -0.352 e. The van der Waals surface area contributed by atoms with Crippen molar-refractivity contribution in [2.75, 3.05) is 5.32 Å². The monoisotopic (exact) mass is 330 g/mol. The van der Waals surface area contributed by atoms with Crippen LogP contribution >= 0.6 is 11.6 Å². The number of anilines is 1. The van der Waals surface area contributed by atoms with Crippen molar-refractivity contribution in [3.63, 3.8) is 0 Å². The van der Waals surface area contributed by atoms with Crippen LogP contribution < -0.4 is 10.6 Å². The van der Waals surface area contributed by atoms with E-state index in [9.17, 15) is 9.59 Å². The van der Waals surface area contributed by atoms with E-state index in [-0.39, 0.29) is 18.2 Å². The molecule has 23 heavy (non-hydrogen) atoms. The van der Waals surface area contributed by atoms with Crippen molar-refractivity contribution in [2.24, 2.45) is 0 Å². The molecular weight excluding hydrogens is 312 g/mol. The first-order chi connectivity index (χ1) is 11.1. The first-order valence-corrected chi connectivity index (χ1v) is 7.85. The zero-order chi connectivity index (χ0) is 16.7. The lowest BCUT2D eigenvalue weighted by Gasteiger charge is -2.08. The van der Waals surface area contributed by atoms with Crippen LogP contribution in [-0.2, 0) is 22.6 Å². The zero-order valence-corrected chi connectivity index (χ0v) is 13.7. The summed E-state index contributed by atoms with van der Waals surface area (Å²) in [6.45, 7) is 2.37. The number of nitrogens with one attached hydrogen (secondary N) is 2. The van der Waals surface area contributed by atoms with E-state index in [4.69, 9.17) is 11.6 Å². The van der Waals surface area contributed by atoms with Crippen LogP contribution in [0.25, 0.3) is 0 Å². The number of halogens is 1. The molecule has 2 aromatic rings. The lowest BCUT2D eigenvalue weighted by atomic mass is 10.1. The number of carbonyl (C=O) groups excluding carboxylic acids is 2. The summed E-state index contributed by atoms with van der Waals surface area (Å²) in [5, 5.41) is 5.99. The fourth-order valence-corrected chi connectivity index (χ4v) is 2.28. The second-order valence-electron chi connectivity index (χ2n) is 5.14. The summed E-state index contributed by atoms with van der Waals surface area (Å²) in [7, 11) is 0. The Kier molecular flexibility index (Phi) is 6.18. The maximum absolute atomic E-state index is 11.9. The quantitative estimate of drug-likeness (QED) is 0.796. The Labute approximate surface area is 140 Å². The molecule has 2 aromatic carbocycles. The molecule has 2 amide bonds. The maximum atomic E-state index is 11.9. The van der Waals surface area contributed by atoms with Crippen molar-refractivity contribution in [3.8, 4) is 0 Å². The fourth-order valence-electron chi connectivity index (χ4n) is 2.07. The fraction of sp³-hybridized carbons (Fsp3) is 0.222. The third-order valence-corrected chi connectivity index (χ3v) is 3.77. The summed E-state index contributed by atoms with van der Waals surface area (Å²) in [6, 6.07) is 14.8. The molecule has 0 fully saturated rings. The van der Waals surface area contributed by atoms with E-state index in [1.54, 1.807) is 6.07 Å². The molecule has 0 aliphatic rings. The minimum atomic E-state index is -0.342. The molecule has 0 bridgehead atoms. The third kappa shape index (κ3) is 5.42. The van der Waals surface area contributed by atoms with E-state index in [2.05, 4.69) is 17.6 Å². The second-order valence-corrected chi connectivity index (χ2v) is 5.55. The van der Waals surface area contributed by atoms with Gasteiger partial charge in [-0.3, -0.25) is 9.59 Å². The van der Waals surface area contributed by atoms with Gasteiger partial charge < -0.3 is 10.6 Å². The van der Waals surface area contributed by atoms with Gasteiger partial charge in [-0.15, -0.1) is 0 Å². The summed E-state index contributed by atoms with van der Waals surface area (Å²) >= 11 is 6.01. The molecule has 120 valence electrons. The largest absolute Gasteiger partial charge is 0.352 e. The molecule has 2 rings (SSSR count). The summed E-state index contributed by atoms with van der Waals surface area (Å²) in [5.74, 6) is -0.682. The number of hydrogen-bond acceptors (Lipinski definition) is 2. The van der Waals surface area contributed by atoms with Crippen LogP contribution in [0.3, 0.4) is 0 Å². The summed E-state index contributed by atoms with van der Waals surface area (Å²) < 4.78 is 0. The van der Waals surface area contributed by atoms with E-state index in [1.165, 1.54) is 5.56 Å². The number of hydrogen-bond donors (Lipinski definition) is 2. The van der Waals surface area contributed by atoms with Crippen LogP contribution in [0.2, 0.25) is 5.02 Å². The van der Waals surface area contributed by atoms with Gasteiger partial charge in [0.25, 0.3) is 0 Å². The second kappa shape index (κ2) is 8.34. The molecule has 5 heteroatoms. The van der Waals surface area contributed by atoms with Crippen LogP contribution in [0, 0.1) is 0 Å². The molecule has 4 nitrogen and oxygen atoms in total. The topological polar surface area (TPSA) is 58.2 Å². The molecule has 0 aromatic heterocycles. The van der Waals surface area contributed by atoms with Crippen LogP contribution in [0.15, 0.2) is 48.5 Å². The van der Waals surface area contributed by atoms with Gasteiger partial charge in [-0.05, 0) is 35.7 Å². The van der Waals surface area contributed by atoms with Crippen LogP contribution in [0.1, 0.15) is 24.5 Å². The van der Waals surface area contributed by atoms with Gasteiger partial charge in [-0.1, -0.05) is 48.9 Å². The smallest absolute Gasteiger partial charge is 0.233 e. The van der Waals surface area contributed by atoms with E-state index in [1.807, 2.05) is 42.5 Å². The molecule has 2 N–H and O–H groups in total. The molecule has 0 aliphatic heterocycles. The highest BCUT2D eigenvalue weighted by Gasteiger charge is 2.10. The molecule has 0 unspecified atom stereocenters. The van der Waals surface area contributed by atoms with Crippen LogP contribution in [0.4, 0.5) is 5.69 Å². The molecule has 0 spiro atoms. The van der Waals surface area contributed by atoms with Gasteiger partial charge in [0.15, 0.2) is 0 Å². The van der Waals surface area contributed by atoms with Crippen molar-refractivity contribution in [1.82, 2.24) is 5.32 Å². The summed E-state index contributed by atoms with van der Waals surface area (Å²) in [5.41, 5.74) is 2.70. The van der Waals surface area contributed by atoms with Gasteiger partial charge >= 0.3 is 0 Å². The Morgan fingerprint density at radius 3 is 2.35 bits per heavy atom. The Morgan fingerprint density at radius 2 is 1.70 bits per heavy atom. The van der Waals surface area contributed by atoms with E-state index in [0.717, 1.165) is 12.0 Å². The van der Waals surface area contributed by atoms with E-state index < -0.39 is 0 Å². The average molecular weight is 331 g/mol. The van der Waals surface area contributed by atoms with Crippen molar-refractivity contribution in [1.29, 1.82) is 0 Å². The number of rotatable bonds is 6. The number of aryl methyl sites for hydroxylation is 1. The predicted molar refractivity (Wildman–Crippen MR) is 92.4 cm³/mol. The lowest BCUT2D eigenvalue weighted by Crippen LogP contribution is -2.27. The number of amides is 2. The number of carbonyl (C=O) groups is 2. The van der Waals surface area contributed by atoms with Crippen LogP contribution in [-0.4, -0.2) is 11.8 Å². The van der Waals surface area contributed by atoms with Crippen molar-refractivity contribution < 1.29 is 9.59 Å². The van der Waals surface area contributed by atoms with Gasteiger partial charge in [0.1, 0.15) is 6.42 Å². The molecule has 0 heterocycles. The van der Waals surface area contributed by atoms with Crippen molar-refractivity contribution in [3.05, 3.63) is 64.7 Å². The first kappa shape index (κ1) is 17.0. The van der Waals surface area contributed by atoms with Gasteiger partial charge in [-0.2, -0.15) is 0 Å².